The van der Waals surface area contributed by atoms with Gasteiger partial charge in [-0.15, -0.1) is 0 Å². The Balaban J connectivity index is 2.15. The van der Waals surface area contributed by atoms with Crippen LogP contribution in [0.4, 0.5) is 0 Å². The maximum atomic E-state index is 11.6. The van der Waals surface area contributed by atoms with E-state index in [9.17, 15) is 15.0 Å². The molecule has 6 nitrogen and oxygen atoms in total. The minimum Gasteiger partial charge on any atom is -0.504 e. The molecule has 0 saturated carbocycles. The summed E-state index contributed by atoms with van der Waals surface area (Å²) in [5.74, 6) is -0.409. The first-order chi connectivity index (χ1) is 9.63. The fourth-order valence-electron chi connectivity index (χ4n) is 1.58. The number of phenolic OH excluding ortho intramolecular Hbond substituents is 2. The number of aromatic hydroxyl groups is 2. The summed E-state index contributed by atoms with van der Waals surface area (Å²) in [7, 11) is 1.60. The molecule has 0 spiro atoms. The van der Waals surface area contributed by atoms with E-state index in [0.717, 1.165) is 5.56 Å². The molecule has 0 unspecified atom stereocenters. The third-order valence-corrected chi connectivity index (χ3v) is 2.68. The maximum absolute atomic E-state index is 11.6. The van der Waals surface area contributed by atoms with Crippen molar-refractivity contribution >= 4 is 5.91 Å². The summed E-state index contributed by atoms with van der Waals surface area (Å²) in [5, 5.41) is 21.2. The van der Waals surface area contributed by atoms with E-state index in [4.69, 9.17) is 9.47 Å². The number of ether oxygens (including phenoxy) is 2. The zero-order valence-corrected chi connectivity index (χ0v) is 11.6. The molecule has 1 amide bonds. The van der Waals surface area contributed by atoms with Crippen molar-refractivity contribution < 1.29 is 24.5 Å². The second-order valence-electron chi connectivity index (χ2n) is 4.28. The molecule has 0 fully saturated rings. The van der Waals surface area contributed by atoms with E-state index in [-0.39, 0.29) is 17.4 Å². The Kier molecular flexibility index (Phi) is 7.46. The van der Waals surface area contributed by atoms with Crippen molar-refractivity contribution in [2.24, 2.45) is 0 Å². The van der Waals surface area contributed by atoms with Gasteiger partial charge in [0.05, 0.1) is 19.8 Å². The summed E-state index contributed by atoms with van der Waals surface area (Å²) < 4.78 is 10.0. The highest BCUT2D eigenvalue weighted by Crippen LogP contribution is 2.25. The van der Waals surface area contributed by atoms with Gasteiger partial charge in [-0.3, -0.25) is 4.79 Å². The number of benzene rings is 1. The van der Waals surface area contributed by atoms with E-state index in [1.165, 1.54) is 12.1 Å². The molecule has 0 saturated heterocycles. The van der Waals surface area contributed by atoms with Gasteiger partial charge in [-0.1, -0.05) is 6.07 Å². The van der Waals surface area contributed by atoms with Crippen LogP contribution in [0.5, 0.6) is 11.5 Å². The van der Waals surface area contributed by atoms with E-state index in [0.29, 0.717) is 39.2 Å². The standard InChI is InChI=1S/C14H21NO5/c1-19-8-9-20-7-6-15-14(18)5-3-11-2-4-12(16)13(17)10-11/h2,4,10,16-17H,3,5-9H2,1H3,(H,15,18). The van der Waals surface area contributed by atoms with Crippen LogP contribution in [0.15, 0.2) is 18.2 Å². The third-order valence-electron chi connectivity index (χ3n) is 2.68. The molecule has 0 bridgehead atoms. The summed E-state index contributed by atoms with van der Waals surface area (Å²) in [5.41, 5.74) is 0.798. The molecule has 0 aliphatic carbocycles. The number of phenols is 2. The van der Waals surface area contributed by atoms with Crippen LogP contribution in [-0.4, -0.2) is 49.6 Å². The zero-order chi connectivity index (χ0) is 14.8. The monoisotopic (exact) mass is 283 g/mol. The van der Waals surface area contributed by atoms with Crippen molar-refractivity contribution in [1.29, 1.82) is 0 Å². The van der Waals surface area contributed by atoms with Crippen LogP contribution in [0, 0.1) is 0 Å². The highest BCUT2D eigenvalue weighted by Gasteiger charge is 2.04. The number of hydrogen-bond donors (Lipinski definition) is 3. The molecule has 1 aromatic carbocycles. The smallest absolute Gasteiger partial charge is 0.220 e. The van der Waals surface area contributed by atoms with Gasteiger partial charge in [0.25, 0.3) is 0 Å². The molecule has 20 heavy (non-hydrogen) atoms. The van der Waals surface area contributed by atoms with E-state index in [1.54, 1.807) is 13.2 Å². The molecule has 0 aromatic heterocycles. The van der Waals surface area contributed by atoms with Gasteiger partial charge < -0.3 is 25.0 Å². The van der Waals surface area contributed by atoms with Crippen LogP contribution < -0.4 is 5.32 Å². The average Bonchev–Trinajstić information content (AvgIpc) is 2.44. The van der Waals surface area contributed by atoms with E-state index >= 15 is 0 Å². The predicted molar refractivity (Wildman–Crippen MR) is 73.8 cm³/mol. The van der Waals surface area contributed by atoms with Gasteiger partial charge in [-0.25, -0.2) is 0 Å². The Bertz CT molecular complexity index is 422. The Labute approximate surface area is 118 Å². The molecular formula is C14H21NO5. The van der Waals surface area contributed by atoms with Crippen molar-refractivity contribution in [2.45, 2.75) is 12.8 Å². The molecule has 0 aliphatic rings. The number of rotatable bonds is 9. The van der Waals surface area contributed by atoms with Crippen molar-refractivity contribution in [3.63, 3.8) is 0 Å². The van der Waals surface area contributed by atoms with E-state index in [1.807, 2.05) is 0 Å². The Morgan fingerprint density at radius 3 is 2.70 bits per heavy atom. The largest absolute Gasteiger partial charge is 0.504 e. The quantitative estimate of drug-likeness (QED) is 0.461. The fraction of sp³-hybridized carbons (Fsp3) is 0.500. The predicted octanol–water partition coefficient (Wildman–Crippen LogP) is 0.810. The number of methoxy groups -OCH3 is 1. The molecule has 1 aromatic rings. The first-order valence-electron chi connectivity index (χ1n) is 6.47. The Morgan fingerprint density at radius 2 is 2.00 bits per heavy atom. The number of aryl methyl sites for hydroxylation is 1. The Hall–Kier alpha value is -1.79. The lowest BCUT2D eigenvalue weighted by atomic mass is 10.1. The van der Waals surface area contributed by atoms with E-state index < -0.39 is 0 Å². The average molecular weight is 283 g/mol. The highest BCUT2D eigenvalue weighted by atomic mass is 16.5. The van der Waals surface area contributed by atoms with Crippen LogP contribution >= 0.6 is 0 Å². The van der Waals surface area contributed by atoms with Crippen LogP contribution in [0.1, 0.15) is 12.0 Å². The van der Waals surface area contributed by atoms with Crippen molar-refractivity contribution in [2.75, 3.05) is 33.5 Å². The zero-order valence-electron chi connectivity index (χ0n) is 11.6. The lowest BCUT2D eigenvalue weighted by Crippen LogP contribution is -2.27. The van der Waals surface area contributed by atoms with Crippen LogP contribution in [0.3, 0.4) is 0 Å². The van der Waals surface area contributed by atoms with Gasteiger partial charge in [0.2, 0.25) is 5.91 Å². The van der Waals surface area contributed by atoms with E-state index in [2.05, 4.69) is 5.32 Å². The number of amides is 1. The highest BCUT2D eigenvalue weighted by molar-refractivity contribution is 5.76. The second kappa shape index (κ2) is 9.17. The molecule has 3 N–H and O–H groups in total. The molecule has 1 rings (SSSR count). The van der Waals surface area contributed by atoms with Crippen LogP contribution in [0.2, 0.25) is 0 Å². The normalized spacial score (nSPS) is 10.4. The first kappa shape index (κ1) is 16.3. The number of carbonyl (C=O) groups is 1. The van der Waals surface area contributed by atoms with Gasteiger partial charge in [0.1, 0.15) is 0 Å². The Morgan fingerprint density at radius 1 is 1.20 bits per heavy atom. The minimum atomic E-state index is -0.172. The first-order valence-corrected chi connectivity index (χ1v) is 6.47. The minimum absolute atomic E-state index is 0.0760. The molecule has 0 atom stereocenters. The third kappa shape index (κ3) is 6.40. The van der Waals surface area contributed by atoms with Crippen LogP contribution in [-0.2, 0) is 20.7 Å². The van der Waals surface area contributed by atoms with Crippen molar-refractivity contribution in [1.82, 2.24) is 5.32 Å². The molecule has 6 heteroatoms. The van der Waals surface area contributed by atoms with Gasteiger partial charge in [-0.2, -0.15) is 0 Å². The number of carbonyl (C=O) groups excluding carboxylic acids is 1. The lowest BCUT2D eigenvalue weighted by molar-refractivity contribution is -0.121. The molecule has 0 heterocycles. The van der Waals surface area contributed by atoms with Crippen LogP contribution in [0.25, 0.3) is 0 Å². The number of hydrogen-bond acceptors (Lipinski definition) is 5. The molecular weight excluding hydrogens is 262 g/mol. The van der Waals surface area contributed by atoms with Gasteiger partial charge in [-0.05, 0) is 24.1 Å². The van der Waals surface area contributed by atoms with Gasteiger partial charge >= 0.3 is 0 Å². The summed E-state index contributed by atoms with van der Waals surface area (Å²) in [6.07, 6.45) is 0.826. The summed E-state index contributed by atoms with van der Waals surface area (Å²) >= 11 is 0. The van der Waals surface area contributed by atoms with Gasteiger partial charge in [0.15, 0.2) is 11.5 Å². The SMILES string of the molecule is COCCOCCNC(=O)CCc1ccc(O)c(O)c1. The summed E-state index contributed by atoms with van der Waals surface area (Å²) in [6.45, 7) is 1.97. The second-order valence-corrected chi connectivity index (χ2v) is 4.28. The number of nitrogens with one attached hydrogen (secondary N) is 1. The van der Waals surface area contributed by atoms with Crippen molar-refractivity contribution in [3.05, 3.63) is 23.8 Å². The topological polar surface area (TPSA) is 88.0 Å². The lowest BCUT2D eigenvalue weighted by Gasteiger charge is -2.07. The molecule has 0 radical (unpaired) electrons. The molecule has 0 aliphatic heterocycles. The maximum Gasteiger partial charge on any atom is 0.220 e. The summed E-state index contributed by atoms with van der Waals surface area (Å²) in [6, 6.07) is 4.54. The molecule has 112 valence electrons. The fourth-order valence-corrected chi connectivity index (χ4v) is 1.58. The summed E-state index contributed by atoms with van der Waals surface area (Å²) in [4.78, 5) is 11.6. The van der Waals surface area contributed by atoms with Gasteiger partial charge in [0, 0.05) is 20.1 Å². The van der Waals surface area contributed by atoms with Crippen molar-refractivity contribution in [3.8, 4) is 11.5 Å².